The minimum Gasteiger partial charge on any atom is -0.347 e. The van der Waals surface area contributed by atoms with Crippen LogP contribution >= 0.6 is 0 Å². The van der Waals surface area contributed by atoms with Gasteiger partial charge in [0.2, 0.25) is 11.8 Å². The van der Waals surface area contributed by atoms with E-state index in [0.29, 0.717) is 24.2 Å². The number of hydrogen-bond donors (Lipinski definition) is 2. The van der Waals surface area contributed by atoms with E-state index in [9.17, 15) is 0 Å². The van der Waals surface area contributed by atoms with Gasteiger partial charge in [0.15, 0.2) is 5.82 Å². The van der Waals surface area contributed by atoms with E-state index in [2.05, 4.69) is 25.4 Å². The number of nitrogens with one attached hydrogen (secondary N) is 2. The average molecular weight is 193 g/mol. The summed E-state index contributed by atoms with van der Waals surface area (Å²) < 4.78 is 4.93. The first-order valence-electron chi connectivity index (χ1n) is 4.29. The van der Waals surface area contributed by atoms with Crippen molar-refractivity contribution >= 4 is 5.95 Å². The second-order valence-electron chi connectivity index (χ2n) is 3.00. The van der Waals surface area contributed by atoms with E-state index in [-0.39, 0.29) is 0 Å². The van der Waals surface area contributed by atoms with Gasteiger partial charge in [-0.25, -0.2) is 4.98 Å². The molecule has 0 atom stereocenters. The summed E-state index contributed by atoms with van der Waals surface area (Å²) in [6.45, 7) is 4.20. The summed E-state index contributed by atoms with van der Waals surface area (Å²) in [4.78, 5) is 11.2. The highest BCUT2D eigenvalue weighted by molar-refractivity contribution is 5.25. The molecule has 0 aliphatic rings. The third-order valence-corrected chi connectivity index (χ3v) is 1.68. The molecule has 0 amide bonds. The van der Waals surface area contributed by atoms with Crippen LogP contribution in [-0.4, -0.2) is 20.1 Å². The fourth-order valence-electron chi connectivity index (χ4n) is 1.07. The molecule has 74 valence electrons. The molecule has 0 unspecified atom stereocenters. The second kappa shape index (κ2) is 3.49. The predicted molar refractivity (Wildman–Crippen MR) is 49.7 cm³/mol. The maximum absolute atomic E-state index is 4.93. The zero-order valence-electron chi connectivity index (χ0n) is 8.03. The van der Waals surface area contributed by atoms with Gasteiger partial charge < -0.3 is 14.8 Å². The van der Waals surface area contributed by atoms with Crippen molar-refractivity contribution in [3.8, 4) is 0 Å². The lowest BCUT2D eigenvalue weighted by atomic mass is 10.6. The maximum Gasteiger partial charge on any atom is 0.246 e. The molecule has 0 fully saturated rings. The van der Waals surface area contributed by atoms with Crippen LogP contribution in [0.5, 0.6) is 0 Å². The van der Waals surface area contributed by atoms with Gasteiger partial charge in [-0.3, -0.25) is 0 Å². The molecular weight excluding hydrogens is 182 g/mol. The first-order chi connectivity index (χ1) is 6.74. The zero-order chi connectivity index (χ0) is 9.97. The topological polar surface area (TPSA) is 79.6 Å². The maximum atomic E-state index is 4.93. The molecular formula is C8H11N5O. The Hall–Kier alpha value is -1.85. The number of H-pyrrole nitrogens is 1. The number of aryl methyl sites for hydroxylation is 2. The van der Waals surface area contributed by atoms with Crippen molar-refractivity contribution in [3.63, 3.8) is 0 Å². The fraction of sp³-hybridized carbons (Fsp3) is 0.375. The standard InChI is InChI=1S/C8H11N5O/c1-5-3-9-8(11-5)10-4-7-12-6(2)13-14-7/h3H,4H2,1-2H3,(H2,9,10,11). The van der Waals surface area contributed by atoms with Gasteiger partial charge in [0, 0.05) is 11.9 Å². The first kappa shape index (κ1) is 8.74. The summed E-state index contributed by atoms with van der Waals surface area (Å²) in [5, 5.41) is 6.71. The first-order valence-corrected chi connectivity index (χ1v) is 4.29. The van der Waals surface area contributed by atoms with Crippen LogP contribution in [0.1, 0.15) is 17.4 Å². The third-order valence-electron chi connectivity index (χ3n) is 1.68. The number of rotatable bonds is 3. The Bertz CT molecular complexity index is 379. The van der Waals surface area contributed by atoms with Gasteiger partial charge >= 0.3 is 0 Å². The van der Waals surface area contributed by atoms with Gasteiger partial charge in [-0.1, -0.05) is 5.16 Å². The molecule has 2 heterocycles. The molecule has 0 saturated carbocycles. The molecule has 6 heteroatoms. The Morgan fingerprint density at radius 2 is 2.36 bits per heavy atom. The van der Waals surface area contributed by atoms with E-state index in [0.717, 1.165) is 5.69 Å². The molecule has 2 N–H and O–H groups in total. The van der Waals surface area contributed by atoms with Crippen LogP contribution in [0.4, 0.5) is 5.95 Å². The Labute approximate surface area is 80.7 Å². The number of aromatic nitrogens is 4. The van der Waals surface area contributed by atoms with Crippen molar-refractivity contribution in [1.82, 2.24) is 20.1 Å². The average Bonchev–Trinajstić information content (AvgIpc) is 2.72. The summed E-state index contributed by atoms with van der Waals surface area (Å²) in [5.74, 6) is 1.90. The summed E-state index contributed by atoms with van der Waals surface area (Å²) in [6.07, 6.45) is 1.75. The Morgan fingerprint density at radius 1 is 1.50 bits per heavy atom. The van der Waals surface area contributed by atoms with Crippen LogP contribution in [0.15, 0.2) is 10.7 Å². The molecule has 0 aromatic carbocycles. The summed E-state index contributed by atoms with van der Waals surface area (Å²) in [7, 11) is 0. The molecule has 2 aromatic heterocycles. The normalized spacial score (nSPS) is 10.4. The Balaban J connectivity index is 1.94. The molecule has 14 heavy (non-hydrogen) atoms. The summed E-state index contributed by atoms with van der Waals surface area (Å²) in [6, 6.07) is 0. The van der Waals surface area contributed by atoms with E-state index >= 15 is 0 Å². The van der Waals surface area contributed by atoms with E-state index in [1.807, 2.05) is 6.92 Å². The van der Waals surface area contributed by atoms with Gasteiger partial charge in [0.05, 0.1) is 6.54 Å². The highest BCUT2D eigenvalue weighted by Gasteiger charge is 2.02. The molecule has 0 aliphatic heterocycles. The highest BCUT2D eigenvalue weighted by atomic mass is 16.5. The van der Waals surface area contributed by atoms with Crippen LogP contribution in [-0.2, 0) is 6.54 Å². The second-order valence-corrected chi connectivity index (χ2v) is 3.00. The van der Waals surface area contributed by atoms with Gasteiger partial charge in [-0.05, 0) is 13.8 Å². The molecule has 0 spiro atoms. The van der Waals surface area contributed by atoms with Crippen molar-refractivity contribution in [2.24, 2.45) is 0 Å². The molecule has 0 bridgehead atoms. The van der Waals surface area contributed by atoms with Crippen molar-refractivity contribution in [3.05, 3.63) is 23.6 Å². The minimum atomic E-state index is 0.480. The van der Waals surface area contributed by atoms with Crippen LogP contribution < -0.4 is 5.32 Å². The van der Waals surface area contributed by atoms with Crippen molar-refractivity contribution in [1.29, 1.82) is 0 Å². The lowest BCUT2D eigenvalue weighted by molar-refractivity contribution is 0.379. The fourth-order valence-corrected chi connectivity index (χ4v) is 1.07. The lowest BCUT2D eigenvalue weighted by Crippen LogP contribution is -2.01. The van der Waals surface area contributed by atoms with Crippen LogP contribution in [0, 0.1) is 13.8 Å². The van der Waals surface area contributed by atoms with Gasteiger partial charge in [0.1, 0.15) is 0 Å². The molecule has 0 aliphatic carbocycles. The van der Waals surface area contributed by atoms with Gasteiger partial charge in [0.25, 0.3) is 0 Å². The van der Waals surface area contributed by atoms with Gasteiger partial charge in [-0.2, -0.15) is 4.98 Å². The number of anilines is 1. The lowest BCUT2D eigenvalue weighted by Gasteiger charge is -1.96. The smallest absolute Gasteiger partial charge is 0.246 e. The third kappa shape index (κ3) is 1.90. The largest absolute Gasteiger partial charge is 0.347 e. The van der Waals surface area contributed by atoms with E-state index in [1.54, 1.807) is 13.1 Å². The molecule has 6 nitrogen and oxygen atoms in total. The molecule has 2 aromatic rings. The molecule has 0 saturated heterocycles. The van der Waals surface area contributed by atoms with Crippen molar-refractivity contribution in [2.45, 2.75) is 20.4 Å². The van der Waals surface area contributed by atoms with Crippen molar-refractivity contribution in [2.75, 3.05) is 5.32 Å². The van der Waals surface area contributed by atoms with E-state index in [1.165, 1.54) is 0 Å². The Morgan fingerprint density at radius 3 is 2.93 bits per heavy atom. The highest BCUT2D eigenvalue weighted by Crippen LogP contribution is 2.03. The quantitative estimate of drug-likeness (QED) is 0.760. The SMILES string of the molecule is Cc1noc(CNc2ncc(C)[nH]2)n1. The summed E-state index contributed by atoms with van der Waals surface area (Å²) in [5.41, 5.74) is 1.01. The summed E-state index contributed by atoms with van der Waals surface area (Å²) >= 11 is 0. The van der Waals surface area contributed by atoms with Crippen LogP contribution in [0.2, 0.25) is 0 Å². The number of hydrogen-bond acceptors (Lipinski definition) is 5. The van der Waals surface area contributed by atoms with E-state index in [4.69, 9.17) is 4.52 Å². The molecule has 0 radical (unpaired) electrons. The predicted octanol–water partition coefficient (Wildman–Crippen LogP) is 1.02. The van der Waals surface area contributed by atoms with Gasteiger partial charge in [-0.15, -0.1) is 0 Å². The van der Waals surface area contributed by atoms with Crippen molar-refractivity contribution < 1.29 is 4.52 Å². The zero-order valence-corrected chi connectivity index (χ0v) is 8.03. The number of aromatic amines is 1. The minimum absolute atomic E-state index is 0.480. The monoisotopic (exact) mass is 193 g/mol. The Kier molecular flexibility index (Phi) is 2.18. The number of imidazole rings is 1. The van der Waals surface area contributed by atoms with Crippen LogP contribution in [0.3, 0.4) is 0 Å². The molecule has 2 rings (SSSR count). The number of nitrogens with zero attached hydrogens (tertiary/aromatic N) is 3. The van der Waals surface area contributed by atoms with E-state index < -0.39 is 0 Å². The van der Waals surface area contributed by atoms with Crippen LogP contribution in [0.25, 0.3) is 0 Å².